The number of thiophene rings is 1. The van der Waals surface area contributed by atoms with Crippen molar-refractivity contribution in [3.05, 3.63) is 22.4 Å². The van der Waals surface area contributed by atoms with E-state index in [1.165, 1.54) is 4.88 Å². The molecule has 108 valence electrons. The highest BCUT2D eigenvalue weighted by atomic mass is 32.1. The van der Waals surface area contributed by atoms with Gasteiger partial charge in [-0.1, -0.05) is 19.9 Å². The van der Waals surface area contributed by atoms with E-state index in [-0.39, 0.29) is 18.2 Å². The third-order valence-corrected chi connectivity index (χ3v) is 4.56. The van der Waals surface area contributed by atoms with Crippen molar-refractivity contribution in [2.75, 3.05) is 13.2 Å². The minimum absolute atomic E-state index is 0.0796. The number of aliphatic hydroxyl groups is 1. The van der Waals surface area contributed by atoms with Gasteiger partial charge in [-0.2, -0.15) is 0 Å². The van der Waals surface area contributed by atoms with Crippen LogP contribution in [-0.2, 0) is 0 Å². The summed E-state index contributed by atoms with van der Waals surface area (Å²) >= 11 is 1.70. The van der Waals surface area contributed by atoms with Crippen molar-refractivity contribution >= 4 is 17.4 Å². The molecule has 3 N–H and O–H groups in total. The van der Waals surface area contributed by atoms with E-state index < -0.39 is 0 Å². The topological polar surface area (TPSA) is 61.4 Å². The van der Waals surface area contributed by atoms with Crippen LogP contribution in [0.3, 0.4) is 0 Å². The predicted octanol–water partition coefficient (Wildman–Crippen LogP) is 2.70. The maximum atomic E-state index is 11.9. The zero-order valence-corrected chi connectivity index (χ0v) is 12.7. The summed E-state index contributed by atoms with van der Waals surface area (Å²) in [6, 6.07) is 3.93. The van der Waals surface area contributed by atoms with Gasteiger partial charge in [0.15, 0.2) is 0 Å². The monoisotopic (exact) mass is 284 g/mol. The van der Waals surface area contributed by atoms with Crippen molar-refractivity contribution in [1.29, 1.82) is 0 Å². The van der Waals surface area contributed by atoms with E-state index in [0.717, 1.165) is 6.42 Å². The van der Waals surface area contributed by atoms with Crippen LogP contribution in [0.1, 0.15) is 44.4 Å². The number of hydrogen-bond acceptors (Lipinski definition) is 3. The van der Waals surface area contributed by atoms with Gasteiger partial charge in [0.1, 0.15) is 0 Å². The Labute approximate surface area is 119 Å². The van der Waals surface area contributed by atoms with Gasteiger partial charge in [-0.05, 0) is 31.2 Å². The molecule has 0 aliphatic rings. The van der Waals surface area contributed by atoms with Gasteiger partial charge in [0.05, 0.1) is 0 Å². The van der Waals surface area contributed by atoms with Gasteiger partial charge in [0.2, 0.25) is 0 Å². The molecule has 19 heavy (non-hydrogen) atoms. The molecule has 0 radical (unpaired) electrons. The zero-order chi connectivity index (χ0) is 14.3. The van der Waals surface area contributed by atoms with E-state index in [1.54, 1.807) is 11.3 Å². The Morgan fingerprint density at radius 3 is 2.84 bits per heavy atom. The van der Waals surface area contributed by atoms with Crippen molar-refractivity contribution in [3.63, 3.8) is 0 Å². The maximum absolute atomic E-state index is 11.9. The number of carbonyl (C=O) groups excluding carboxylic acids is 1. The summed E-state index contributed by atoms with van der Waals surface area (Å²) in [5, 5.41) is 16.9. The molecule has 0 aromatic carbocycles. The Hall–Kier alpha value is -1.07. The number of hydrogen-bond donors (Lipinski definition) is 3. The van der Waals surface area contributed by atoms with Gasteiger partial charge >= 0.3 is 6.03 Å². The lowest BCUT2D eigenvalue weighted by atomic mass is 9.95. The van der Waals surface area contributed by atoms with Crippen LogP contribution in [0.25, 0.3) is 0 Å². The first-order valence-electron chi connectivity index (χ1n) is 6.71. The van der Waals surface area contributed by atoms with Crippen molar-refractivity contribution in [1.82, 2.24) is 10.6 Å². The average Bonchev–Trinajstić information content (AvgIpc) is 2.90. The molecule has 0 aliphatic heterocycles. The van der Waals surface area contributed by atoms with Gasteiger partial charge in [-0.15, -0.1) is 11.3 Å². The number of nitrogens with one attached hydrogen (secondary N) is 2. The minimum Gasteiger partial charge on any atom is -0.396 e. The highest BCUT2D eigenvalue weighted by Crippen LogP contribution is 2.19. The lowest BCUT2D eigenvalue weighted by Crippen LogP contribution is -2.50. The molecule has 0 spiro atoms. The highest BCUT2D eigenvalue weighted by molar-refractivity contribution is 7.10. The number of rotatable bonds is 7. The second kappa shape index (κ2) is 7.50. The lowest BCUT2D eigenvalue weighted by Gasteiger charge is -2.29. The Morgan fingerprint density at radius 1 is 1.58 bits per heavy atom. The predicted molar refractivity (Wildman–Crippen MR) is 79.7 cm³/mol. The van der Waals surface area contributed by atoms with Crippen LogP contribution in [-0.4, -0.2) is 29.8 Å². The molecule has 2 amide bonds. The molecule has 2 atom stereocenters. The fraction of sp³-hybridized carbons (Fsp3) is 0.643. The number of carbonyl (C=O) groups is 1. The van der Waals surface area contributed by atoms with Crippen molar-refractivity contribution in [3.8, 4) is 0 Å². The van der Waals surface area contributed by atoms with Crippen LogP contribution in [0.15, 0.2) is 17.5 Å². The quantitative estimate of drug-likeness (QED) is 0.721. The molecule has 4 nitrogen and oxygen atoms in total. The smallest absolute Gasteiger partial charge is 0.315 e. The Balaban J connectivity index is 2.39. The van der Waals surface area contributed by atoms with E-state index >= 15 is 0 Å². The molecular formula is C14H24N2O2S. The number of aliphatic hydroxyl groups excluding tert-OH is 1. The fourth-order valence-corrected chi connectivity index (χ4v) is 2.60. The molecule has 1 aromatic rings. The first-order valence-corrected chi connectivity index (χ1v) is 7.59. The van der Waals surface area contributed by atoms with E-state index in [1.807, 2.05) is 25.3 Å². The van der Waals surface area contributed by atoms with Gasteiger partial charge in [0.25, 0.3) is 0 Å². The first-order chi connectivity index (χ1) is 9.00. The summed E-state index contributed by atoms with van der Waals surface area (Å²) < 4.78 is 0. The Bertz CT molecular complexity index is 381. The standard InChI is InChI=1S/C14H24N2O2S/c1-4-14(3,7-8-17)16-13(18)15-10-11(2)12-6-5-9-19-12/h5-6,9,11,17H,4,7-8,10H2,1-3H3,(H2,15,16,18). The molecule has 1 heterocycles. The van der Waals surface area contributed by atoms with Gasteiger partial charge in [0, 0.05) is 29.5 Å². The normalized spacial score (nSPS) is 15.6. The molecule has 0 aliphatic carbocycles. The van der Waals surface area contributed by atoms with Crippen LogP contribution in [0.5, 0.6) is 0 Å². The molecule has 1 aromatic heterocycles. The molecule has 5 heteroatoms. The lowest BCUT2D eigenvalue weighted by molar-refractivity contribution is 0.200. The van der Waals surface area contributed by atoms with Crippen molar-refractivity contribution in [2.45, 2.75) is 45.1 Å². The number of urea groups is 1. The SMILES string of the molecule is CCC(C)(CCO)NC(=O)NCC(C)c1cccs1. The molecule has 0 saturated heterocycles. The number of amides is 2. The van der Waals surface area contributed by atoms with E-state index in [9.17, 15) is 4.79 Å². The van der Waals surface area contributed by atoms with Gasteiger partial charge in [-0.25, -0.2) is 4.79 Å². The summed E-state index contributed by atoms with van der Waals surface area (Å²) in [4.78, 5) is 13.1. The summed E-state index contributed by atoms with van der Waals surface area (Å²) in [6.07, 6.45) is 1.36. The third-order valence-electron chi connectivity index (χ3n) is 3.46. The average molecular weight is 284 g/mol. The maximum Gasteiger partial charge on any atom is 0.315 e. The minimum atomic E-state index is -0.342. The molecule has 1 rings (SSSR count). The largest absolute Gasteiger partial charge is 0.396 e. The van der Waals surface area contributed by atoms with Gasteiger partial charge < -0.3 is 15.7 Å². The van der Waals surface area contributed by atoms with Crippen LogP contribution in [0.2, 0.25) is 0 Å². The fourth-order valence-electron chi connectivity index (χ4n) is 1.81. The molecule has 0 fully saturated rings. The summed E-state index contributed by atoms with van der Waals surface area (Å²) in [7, 11) is 0. The molecule has 0 bridgehead atoms. The van der Waals surface area contributed by atoms with E-state index in [0.29, 0.717) is 18.9 Å². The van der Waals surface area contributed by atoms with Crippen LogP contribution in [0, 0.1) is 0 Å². The van der Waals surface area contributed by atoms with Crippen molar-refractivity contribution < 1.29 is 9.90 Å². The Kier molecular flexibility index (Phi) is 6.31. The highest BCUT2D eigenvalue weighted by Gasteiger charge is 2.23. The van der Waals surface area contributed by atoms with E-state index in [4.69, 9.17) is 5.11 Å². The summed E-state index contributed by atoms with van der Waals surface area (Å²) in [5.41, 5.74) is -0.342. The summed E-state index contributed by atoms with van der Waals surface area (Å²) in [5.74, 6) is 0.316. The second-order valence-corrected chi connectivity index (χ2v) is 6.12. The second-order valence-electron chi connectivity index (χ2n) is 5.14. The van der Waals surface area contributed by atoms with E-state index in [2.05, 4.69) is 23.6 Å². The first kappa shape index (κ1) is 16.0. The summed E-state index contributed by atoms with van der Waals surface area (Å²) in [6.45, 7) is 6.75. The van der Waals surface area contributed by atoms with Crippen LogP contribution >= 0.6 is 11.3 Å². The molecule has 0 saturated carbocycles. The zero-order valence-electron chi connectivity index (χ0n) is 11.9. The molecular weight excluding hydrogens is 260 g/mol. The van der Waals surface area contributed by atoms with Crippen LogP contribution < -0.4 is 10.6 Å². The van der Waals surface area contributed by atoms with Crippen LogP contribution in [0.4, 0.5) is 4.79 Å². The Morgan fingerprint density at radius 2 is 2.32 bits per heavy atom. The van der Waals surface area contributed by atoms with Crippen molar-refractivity contribution in [2.24, 2.45) is 0 Å². The van der Waals surface area contributed by atoms with Gasteiger partial charge in [-0.3, -0.25) is 0 Å². The molecule has 2 unspecified atom stereocenters. The third kappa shape index (κ3) is 5.20.